The van der Waals surface area contributed by atoms with Gasteiger partial charge < -0.3 is 19.5 Å². The Bertz CT molecular complexity index is 1090. The molecule has 0 unspecified atom stereocenters. The molecule has 31 heavy (non-hydrogen) atoms. The summed E-state index contributed by atoms with van der Waals surface area (Å²) in [6, 6.07) is 19.4. The van der Waals surface area contributed by atoms with Crippen molar-refractivity contribution in [2.75, 3.05) is 19.1 Å². The van der Waals surface area contributed by atoms with E-state index in [1.807, 2.05) is 37.3 Å². The maximum absolute atomic E-state index is 13.6. The van der Waals surface area contributed by atoms with Crippen LogP contribution in [0, 0.1) is 0 Å². The van der Waals surface area contributed by atoms with Crippen LogP contribution in [0.5, 0.6) is 11.5 Å². The van der Waals surface area contributed by atoms with Crippen LogP contribution in [-0.2, 0) is 13.0 Å². The largest absolute Gasteiger partial charge is 0.493 e. The van der Waals surface area contributed by atoms with E-state index in [0.29, 0.717) is 17.1 Å². The summed E-state index contributed by atoms with van der Waals surface area (Å²) >= 11 is 0. The molecule has 1 amide bonds. The lowest BCUT2D eigenvalue weighted by molar-refractivity contribution is 0.0696. The Morgan fingerprint density at radius 2 is 1.61 bits per heavy atom. The van der Waals surface area contributed by atoms with E-state index in [1.165, 1.54) is 13.2 Å². The van der Waals surface area contributed by atoms with Crippen LogP contribution in [0.15, 0.2) is 66.7 Å². The van der Waals surface area contributed by atoms with E-state index in [2.05, 4.69) is 0 Å². The number of hydrogen-bond acceptors (Lipinski definition) is 4. The molecule has 0 saturated heterocycles. The third-order valence-electron chi connectivity index (χ3n) is 5.05. The Balaban J connectivity index is 2.07. The number of carboxylic acid groups (broad SMARTS) is 1. The molecule has 3 aromatic rings. The average molecular weight is 419 g/mol. The van der Waals surface area contributed by atoms with Gasteiger partial charge in [-0.15, -0.1) is 0 Å². The Labute approximate surface area is 181 Å². The van der Waals surface area contributed by atoms with E-state index in [9.17, 15) is 14.7 Å². The highest BCUT2D eigenvalue weighted by Crippen LogP contribution is 2.30. The van der Waals surface area contributed by atoms with Crippen molar-refractivity contribution in [2.24, 2.45) is 0 Å². The summed E-state index contributed by atoms with van der Waals surface area (Å²) in [7, 11) is 3.06. The van der Waals surface area contributed by atoms with Gasteiger partial charge in [-0.25, -0.2) is 4.79 Å². The van der Waals surface area contributed by atoms with Gasteiger partial charge in [-0.3, -0.25) is 4.79 Å². The molecular weight excluding hydrogens is 394 g/mol. The van der Waals surface area contributed by atoms with Gasteiger partial charge in [0.1, 0.15) is 0 Å². The van der Waals surface area contributed by atoms with E-state index < -0.39 is 5.97 Å². The van der Waals surface area contributed by atoms with E-state index in [0.717, 1.165) is 23.2 Å². The van der Waals surface area contributed by atoms with Crippen molar-refractivity contribution < 1.29 is 24.2 Å². The number of methoxy groups -OCH3 is 2. The summed E-state index contributed by atoms with van der Waals surface area (Å²) in [6.45, 7) is 2.26. The predicted molar refractivity (Wildman–Crippen MR) is 119 cm³/mol. The third-order valence-corrected chi connectivity index (χ3v) is 5.05. The van der Waals surface area contributed by atoms with Crippen molar-refractivity contribution in [1.82, 2.24) is 0 Å². The second kappa shape index (κ2) is 9.80. The van der Waals surface area contributed by atoms with Crippen LogP contribution in [0.1, 0.15) is 38.8 Å². The molecule has 0 saturated carbocycles. The molecule has 3 aromatic carbocycles. The number of carboxylic acids is 1. The highest BCUT2D eigenvalue weighted by Gasteiger charge is 2.22. The standard InChI is InChI=1S/C25H25NO5/c1-4-18-9-5-6-11-21(18)26(16-17-8-7-10-20(14-17)25(28)29)24(27)19-12-13-22(30-2)23(15-19)31-3/h5-15H,4,16H2,1-3H3,(H,28,29). The molecule has 0 aliphatic rings. The van der Waals surface area contributed by atoms with E-state index >= 15 is 0 Å². The van der Waals surface area contributed by atoms with Gasteiger partial charge in [0.05, 0.1) is 26.3 Å². The van der Waals surface area contributed by atoms with Gasteiger partial charge >= 0.3 is 5.97 Å². The van der Waals surface area contributed by atoms with E-state index in [1.54, 1.807) is 42.3 Å². The molecule has 0 fully saturated rings. The maximum Gasteiger partial charge on any atom is 0.335 e. The molecule has 160 valence electrons. The molecule has 0 spiro atoms. The van der Waals surface area contributed by atoms with Gasteiger partial charge in [-0.2, -0.15) is 0 Å². The molecule has 0 atom stereocenters. The van der Waals surface area contributed by atoms with E-state index in [4.69, 9.17) is 9.47 Å². The molecule has 0 aliphatic heterocycles. The van der Waals surface area contributed by atoms with Crippen LogP contribution in [0.4, 0.5) is 5.69 Å². The predicted octanol–water partition coefficient (Wildman–Crippen LogP) is 4.81. The number of aromatic carboxylic acids is 1. The topological polar surface area (TPSA) is 76.1 Å². The fraction of sp³-hybridized carbons (Fsp3) is 0.200. The number of rotatable bonds is 8. The minimum absolute atomic E-state index is 0.180. The quantitative estimate of drug-likeness (QED) is 0.567. The second-order valence-corrected chi connectivity index (χ2v) is 6.95. The second-order valence-electron chi connectivity index (χ2n) is 6.95. The minimum Gasteiger partial charge on any atom is -0.493 e. The lowest BCUT2D eigenvalue weighted by atomic mass is 10.1. The third kappa shape index (κ3) is 4.86. The van der Waals surface area contributed by atoms with Crippen LogP contribution in [0.25, 0.3) is 0 Å². The Hall–Kier alpha value is -3.80. The number of hydrogen-bond donors (Lipinski definition) is 1. The van der Waals surface area contributed by atoms with E-state index in [-0.39, 0.29) is 18.0 Å². The summed E-state index contributed by atoms with van der Waals surface area (Å²) in [4.78, 5) is 26.7. The van der Waals surface area contributed by atoms with Gasteiger partial charge in [-0.05, 0) is 53.9 Å². The smallest absolute Gasteiger partial charge is 0.335 e. The zero-order valence-electron chi connectivity index (χ0n) is 17.8. The number of carbonyl (C=O) groups is 2. The zero-order valence-corrected chi connectivity index (χ0v) is 17.8. The number of carbonyl (C=O) groups excluding carboxylic acids is 1. The first-order valence-corrected chi connectivity index (χ1v) is 9.92. The van der Waals surface area contributed by atoms with Crippen LogP contribution in [0.2, 0.25) is 0 Å². The molecule has 0 radical (unpaired) electrons. The van der Waals surface area contributed by atoms with Gasteiger partial charge in [0, 0.05) is 11.3 Å². The van der Waals surface area contributed by atoms with Gasteiger partial charge in [-0.1, -0.05) is 37.3 Å². The lowest BCUT2D eigenvalue weighted by Crippen LogP contribution is -2.31. The SMILES string of the molecule is CCc1ccccc1N(Cc1cccc(C(=O)O)c1)C(=O)c1ccc(OC)c(OC)c1. The summed E-state index contributed by atoms with van der Waals surface area (Å²) in [5, 5.41) is 9.33. The maximum atomic E-state index is 13.6. The Kier molecular flexibility index (Phi) is 6.92. The summed E-state index contributed by atoms with van der Waals surface area (Å²) < 4.78 is 10.6. The number of ether oxygens (including phenoxy) is 2. The van der Waals surface area contributed by atoms with Gasteiger partial charge in [0.15, 0.2) is 11.5 Å². The first-order chi connectivity index (χ1) is 15.0. The number of benzene rings is 3. The molecule has 0 heterocycles. The van der Waals surface area contributed by atoms with Crippen LogP contribution in [0.3, 0.4) is 0 Å². The highest BCUT2D eigenvalue weighted by atomic mass is 16.5. The van der Waals surface area contributed by atoms with Crippen molar-refractivity contribution in [3.63, 3.8) is 0 Å². The minimum atomic E-state index is -1.01. The molecule has 1 N–H and O–H groups in total. The van der Waals surface area contributed by atoms with Crippen molar-refractivity contribution in [2.45, 2.75) is 19.9 Å². The molecule has 6 nitrogen and oxygen atoms in total. The molecule has 0 aromatic heterocycles. The molecular formula is C25H25NO5. The zero-order chi connectivity index (χ0) is 22.4. The number of amides is 1. The average Bonchev–Trinajstić information content (AvgIpc) is 2.81. The summed E-state index contributed by atoms with van der Waals surface area (Å²) in [6.07, 6.45) is 0.751. The number of anilines is 1. The van der Waals surface area contributed by atoms with Crippen LogP contribution < -0.4 is 14.4 Å². The molecule has 3 rings (SSSR count). The Morgan fingerprint density at radius 1 is 0.871 bits per heavy atom. The molecule has 0 aliphatic carbocycles. The first kappa shape index (κ1) is 21.9. The van der Waals surface area contributed by atoms with Crippen LogP contribution in [-0.4, -0.2) is 31.2 Å². The van der Waals surface area contributed by atoms with Crippen molar-refractivity contribution in [1.29, 1.82) is 0 Å². The first-order valence-electron chi connectivity index (χ1n) is 9.92. The van der Waals surface area contributed by atoms with Crippen molar-refractivity contribution in [3.8, 4) is 11.5 Å². The number of aryl methyl sites for hydroxylation is 1. The number of nitrogens with zero attached hydrogens (tertiary/aromatic N) is 1. The van der Waals surface area contributed by atoms with Crippen LogP contribution >= 0.6 is 0 Å². The molecule has 6 heteroatoms. The fourth-order valence-electron chi connectivity index (χ4n) is 3.45. The normalized spacial score (nSPS) is 10.4. The van der Waals surface area contributed by atoms with Crippen molar-refractivity contribution >= 4 is 17.6 Å². The fourth-order valence-corrected chi connectivity index (χ4v) is 3.45. The summed E-state index contributed by atoms with van der Waals surface area (Å²) in [5.41, 5.74) is 3.15. The molecule has 0 bridgehead atoms. The van der Waals surface area contributed by atoms with Crippen molar-refractivity contribution in [3.05, 3.63) is 89.0 Å². The highest BCUT2D eigenvalue weighted by molar-refractivity contribution is 6.06. The summed E-state index contributed by atoms with van der Waals surface area (Å²) in [5.74, 6) is -0.227. The lowest BCUT2D eigenvalue weighted by Gasteiger charge is -2.26. The number of para-hydroxylation sites is 1. The van der Waals surface area contributed by atoms with Gasteiger partial charge in [0.2, 0.25) is 0 Å². The monoisotopic (exact) mass is 419 g/mol. The van der Waals surface area contributed by atoms with Gasteiger partial charge in [0.25, 0.3) is 5.91 Å². The Morgan fingerprint density at radius 3 is 2.29 bits per heavy atom.